The number of alkyl halides is 1. The van der Waals surface area contributed by atoms with Crippen molar-refractivity contribution in [3.63, 3.8) is 0 Å². The standard InChI is InChI=1S/C22H24FN5O4/c1-12(29)21-17-6-14(15-8-24-13(2)25-9-15)4-5-18(17)28(26-21)11-20(30)27-10-16(23)7-19(27)22(31)32-3/h4-6,8-9,12,16,19,29H,7,10-11H2,1-3H3/t12-,16-,19-/m1/s1. The fraction of sp³-hybridized carbons (Fsp3) is 0.409. The van der Waals surface area contributed by atoms with Crippen LogP contribution in [0, 0.1) is 6.92 Å². The number of amides is 1. The molecule has 1 aromatic carbocycles. The van der Waals surface area contributed by atoms with Crippen molar-refractivity contribution in [1.29, 1.82) is 0 Å². The highest BCUT2D eigenvalue weighted by Crippen LogP contribution is 2.29. The molecule has 0 radical (unpaired) electrons. The highest BCUT2D eigenvalue weighted by Gasteiger charge is 2.40. The molecule has 9 nitrogen and oxygen atoms in total. The van der Waals surface area contributed by atoms with E-state index in [0.29, 0.717) is 22.4 Å². The van der Waals surface area contributed by atoms with Gasteiger partial charge >= 0.3 is 5.97 Å². The van der Waals surface area contributed by atoms with Crippen molar-refractivity contribution >= 4 is 22.8 Å². The second-order valence-corrected chi connectivity index (χ2v) is 7.89. The van der Waals surface area contributed by atoms with Crippen LogP contribution in [0.2, 0.25) is 0 Å². The molecule has 1 aliphatic rings. The Labute approximate surface area is 183 Å². The van der Waals surface area contributed by atoms with Crippen molar-refractivity contribution in [3.05, 3.63) is 42.1 Å². The van der Waals surface area contributed by atoms with Gasteiger partial charge in [0.25, 0.3) is 0 Å². The van der Waals surface area contributed by atoms with E-state index in [0.717, 1.165) is 11.1 Å². The minimum absolute atomic E-state index is 0.0842. The summed E-state index contributed by atoms with van der Waals surface area (Å²) in [4.78, 5) is 34.6. The average molecular weight is 441 g/mol. The number of esters is 1. The van der Waals surface area contributed by atoms with Crippen LogP contribution in [0.5, 0.6) is 0 Å². The molecule has 10 heteroatoms. The largest absolute Gasteiger partial charge is 0.467 e. The number of rotatable bonds is 5. The first-order chi connectivity index (χ1) is 15.3. The van der Waals surface area contributed by atoms with Gasteiger partial charge in [0.1, 0.15) is 24.6 Å². The zero-order valence-corrected chi connectivity index (χ0v) is 18.0. The first kappa shape index (κ1) is 21.8. The molecule has 1 N–H and O–H groups in total. The maximum atomic E-state index is 13.9. The summed E-state index contributed by atoms with van der Waals surface area (Å²) in [7, 11) is 1.21. The Morgan fingerprint density at radius 1 is 1.28 bits per heavy atom. The van der Waals surface area contributed by atoms with Crippen molar-refractivity contribution in [2.45, 2.75) is 45.1 Å². The van der Waals surface area contributed by atoms with Crippen LogP contribution in [-0.2, 0) is 20.9 Å². The van der Waals surface area contributed by atoms with Gasteiger partial charge in [-0.1, -0.05) is 6.07 Å². The molecule has 1 aliphatic heterocycles. The summed E-state index contributed by atoms with van der Waals surface area (Å²) in [6, 6.07) is 4.57. The van der Waals surface area contributed by atoms with Crippen LogP contribution in [0.4, 0.5) is 4.39 Å². The number of hydrogen-bond donors (Lipinski definition) is 1. The highest BCUT2D eigenvalue weighted by atomic mass is 19.1. The molecule has 0 unspecified atom stereocenters. The molecular weight excluding hydrogens is 417 g/mol. The number of likely N-dealkylation sites (tertiary alicyclic amines) is 1. The van der Waals surface area contributed by atoms with E-state index < -0.39 is 30.2 Å². The van der Waals surface area contributed by atoms with Crippen LogP contribution in [0.3, 0.4) is 0 Å². The highest BCUT2D eigenvalue weighted by molar-refractivity contribution is 5.89. The molecule has 2 aromatic heterocycles. The first-order valence-corrected chi connectivity index (χ1v) is 10.3. The number of fused-ring (bicyclic) bond motifs is 1. The number of aryl methyl sites for hydroxylation is 1. The van der Waals surface area contributed by atoms with Gasteiger partial charge < -0.3 is 14.7 Å². The van der Waals surface area contributed by atoms with Crippen molar-refractivity contribution in [1.82, 2.24) is 24.6 Å². The second kappa shape index (κ2) is 8.62. The van der Waals surface area contributed by atoms with Crippen molar-refractivity contribution in [2.75, 3.05) is 13.7 Å². The first-order valence-electron chi connectivity index (χ1n) is 10.3. The van der Waals surface area contributed by atoms with Crippen molar-refractivity contribution in [2.24, 2.45) is 0 Å². The van der Waals surface area contributed by atoms with Gasteiger partial charge in [-0.3, -0.25) is 9.48 Å². The Bertz CT molecular complexity index is 1160. The summed E-state index contributed by atoms with van der Waals surface area (Å²) in [6.07, 6.45) is 1.19. The van der Waals surface area contributed by atoms with E-state index in [2.05, 4.69) is 15.1 Å². The number of benzene rings is 1. The molecule has 0 spiro atoms. The molecule has 0 saturated carbocycles. The Balaban J connectivity index is 1.68. The lowest BCUT2D eigenvalue weighted by Crippen LogP contribution is -2.42. The molecule has 0 aliphatic carbocycles. The van der Waals surface area contributed by atoms with Gasteiger partial charge in [0, 0.05) is 29.8 Å². The summed E-state index contributed by atoms with van der Waals surface area (Å²) in [5.41, 5.74) is 2.70. The summed E-state index contributed by atoms with van der Waals surface area (Å²) in [5, 5.41) is 15.4. The van der Waals surface area contributed by atoms with E-state index in [4.69, 9.17) is 4.74 Å². The van der Waals surface area contributed by atoms with Crippen molar-refractivity contribution < 1.29 is 23.8 Å². The lowest BCUT2D eigenvalue weighted by molar-refractivity contribution is -0.151. The third kappa shape index (κ3) is 4.05. The van der Waals surface area contributed by atoms with E-state index in [1.165, 1.54) is 16.7 Å². The normalized spacial score (nSPS) is 19.3. The number of ether oxygens (including phenoxy) is 1. The number of nitrogens with zero attached hydrogens (tertiary/aromatic N) is 5. The molecule has 32 heavy (non-hydrogen) atoms. The van der Waals surface area contributed by atoms with Gasteiger partial charge in [-0.25, -0.2) is 19.2 Å². The predicted molar refractivity (Wildman–Crippen MR) is 113 cm³/mol. The number of aliphatic hydroxyl groups is 1. The summed E-state index contributed by atoms with van der Waals surface area (Å²) in [5.74, 6) is -0.426. The fourth-order valence-corrected chi connectivity index (χ4v) is 3.99. The molecule has 0 bridgehead atoms. The van der Waals surface area contributed by atoms with E-state index in [1.807, 2.05) is 12.1 Å². The minimum atomic E-state index is -1.29. The van der Waals surface area contributed by atoms with E-state index in [1.54, 1.807) is 32.3 Å². The van der Waals surface area contributed by atoms with Gasteiger partial charge in [-0.2, -0.15) is 5.10 Å². The topological polar surface area (TPSA) is 110 Å². The molecular formula is C22H24FN5O4. The Morgan fingerprint density at radius 2 is 2.00 bits per heavy atom. The van der Waals surface area contributed by atoms with Crippen LogP contribution in [-0.4, -0.2) is 67.5 Å². The number of aliphatic hydroxyl groups excluding tert-OH is 1. The maximum Gasteiger partial charge on any atom is 0.328 e. The van der Waals surface area contributed by atoms with Crippen LogP contribution in [0.15, 0.2) is 30.6 Å². The quantitative estimate of drug-likeness (QED) is 0.603. The molecule has 3 aromatic rings. The lowest BCUT2D eigenvalue weighted by atomic mass is 10.0. The lowest BCUT2D eigenvalue weighted by Gasteiger charge is -2.22. The number of carbonyl (C=O) groups is 2. The third-order valence-corrected chi connectivity index (χ3v) is 5.62. The monoisotopic (exact) mass is 441 g/mol. The summed E-state index contributed by atoms with van der Waals surface area (Å²) < 4.78 is 20.1. The van der Waals surface area contributed by atoms with Gasteiger partial charge in [0.05, 0.1) is 31.0 Å². The smallest absolute Gasteiger partial charge is 0.328 e. The molecule has 168 valence electrons. The van der Waals surface area contributed by atoms with Gasteiger partial charge in [0.2, 0.25) is 5.91 Å². The number of hydrogen-bond acceptors (Lipinski definition) is 7. The summed E-state index contributed by atoms with van der Waals surface area (Å²) >= 11 is 0. The SMILES string of the molecule is COC(=O)[C@H]1C[C@@H](F)CN1C(=O)Cn1nc([C@@H](C)O)c2cc(-c3cnc(C)nc3)ccc21. The summed E-state index contributed by atoms with van der Waals surface area (Å²) in [6.45, 7) is 3.03. The molecule has 1 saturated heterocycles. The Kier molecular flexibility index (Phi) is 5.88. The number of carbonyl (C=O) groups excluding carboxylic acids is 2. The molecule has 3 heterocycles. The van der Waals surface area contributed by atoms with Crippen LogP contribution < -0.4 is 0 Å². The van der Waals surface area contributed by atoms with Gasteiger partial charge in [-0.05, 0) is 31.5 Å². The number of halogens is 1. The van der Waals surface area contributed by atoms with E-state index in [-0.39, 0.29) is 19.5 Å². The van der Waals surface area contributed by atoms with E-state index in [9.17, 15) is 19.1 Å². The zero-order valence-electron chi connectivity index (χ0n) is 18.0. The third-order valence-electron chi connectivity index (χ3n) is 5.62. The van der Waals surface area contributed by atoms with Gasteiger partial charge in [0.15, 0.2) is 0 Å². The zero-order chi connectivity index (χ0) is 23.0. The minimum Gasteiger partial charge on any atom is -0.467 e. The predicted octanol–water partition coefficient (Wildman–Crippen LogP) is 1.97. The number of aromatic nitrogens is 4. The van der Waals surface area contributed by atoms with Gasteiger partial charge in [-0.15, -0.1) is 0 Å². The van der Waals surface area contributed by atoms with E-state index >= 15 is 0 Å². The maximum absolute atomic E-state index is 13.9. The second-order valence-electron chi connectivity index (χ2n) is 7.89. The molecule has 1 amide bonds. The Hall–Kier alpha value is -3.40. The Morgan fingerprint density at radius 3 is 2.66 bits per heavy atom. The number of methoxy groups -OCH3 is 1. The van der Waals surface area contributed by atoms with Crippen molar-refractivity contribution in [3.8, 4) is 11.1 Å². The fourth-order valence-electron chi connectivity index (χ4n) is 3.99. The molecule has 1 fully saturated rings. The van der Waals surface area contributed by atoms with Crippen LogP contribution in [0.1, 0.15) is 31.0 Å². The molecule has 4 rings (SSSR count). The average Bonchev–Trinajstić information content (AvgIpc) is 3.34. The van der Waals surface area contributed by atoms with Crippen LogP contribution >= 0.6 is 0 Å². The molecule has 3 atom stereocenters. The van der Waals surface area contributed by atoms with Crippen LogP contribution in [0.25, 0.3) is 22.0 Å².